The van der Waals surface area contributed by atoms with Gasteiger partial charge in [-0.15, -0.1) is 0 Å². The van der Waals surface area contributed by atoms with Gasteiger partial charge < -0.3 is 5.32 Å². The average molecular weight is 322 g/mol. The third-order valence-corrected chi connectivity index (χ3v) is 4.42. The first-order valence-electron chi connectivity index (χ1n) is 8.04. The van der Waals surface area contributed by atoms with Gasteiger partial charge in [-0.1, -0.05) is 0 Å². The van der Waals surface area contributed by atoms with Crippen molar-refractivity contribution in [1.82, 2.24) is 20.1 Å². The number of fused-ring (bicyclic) bond motifs is 1. The number of hydrogen-bond donors (Lipinski definition) is 1. The molecule has 0 unspecified atom stereocenters. The quantitative estimate of drug-likeness (QED) is 0.783. The maximum Gasteiger partial charge on any atom is 0.123 e. The molecule has 0 saturated carbocycles. The van der Waals surface area contributed by atoms with E-state index < -0.39 is 0 Å². The van der Waals surface area contributed by atoms with Crippen molar-refractivity contribution in [2.75, 3.05) is 0 Å². The lowest BCUT2D eigenvalue weighted by Gasteiger charge is -2.32. The highest BCUT2D eigenvalue weighted by Gasteiger charge is 2.30. The van der Waals surface area contributed by atoms with E-state index in [4.69, 9.17) is 5.10 Å². The van der Waals surface area contributed by atoms with Crippen molar-refractivity contribution < 1.29 is 4.39 Å². The van der Waals surface area contributed by atoms with E-state index in [1.54, 1.807) is 24.5 Å². The molecule has 5 heteroatoms. The summed E-state index contributed by atoms with van der Waals surface area (Å²) in [6.07, 6.45) is 3.57. The maximum atomic E-state index is 13.3. The minimum absolute atomic E-state index is 0.00536. The maximum absolute atomic E-state index is 13.3. The summed E-state index contributed by atoms with van der Waals surface area (Å²) in [6, 6.07) is 10.5. The van der Waals surface area contributed by atoms with E-state index in [9.17, 15) is 4.39 Å². The minimum Gasteiger partial charge on any atom is -0.304 e. The molecule has 3 aromatic rings. The van der Waals surface area contributed by atoms with E-state index in [-0.39, 0.29) is 11.4 Å². The lowest BCUT2D eigenvalue weighted by molar-refractivity contribution is 0.278. The Hall–Kier alpha value is -2.53. The lowest BCUT2D eigenvalue weighted by Crippen LogP contribution is -2.47. The van der Waals surface area contributed by atoms with Gasteiger partial charge in [0.15, 0.2) is 0 Å². The number of halogens is 1. The summed E-state index contributed by atoms with van der Waals surface area (Å²) in [5, 5.41) is 8.42. The average Bonchev–Trinajstić information content (AvgIpc) is 2.93. The van der Waals surface area contributed by atoms with Crippen LogP contribution in [0.2, 0.25) is 0 Å². The number of pyridine rings is 1. The Balaban J connectivity index is 1.93. The molecule has 1 aromatic carbocycles. The van der Waals surface area contributed by atoms with Gasteiger partial charge in [-0.3, -0.25) is 9.67 Å². The van der Waals surface area contributed by atoms with Crippen molar-refractivity contribution in [3.05, 3.63) is 60.3 Å². The Kier molecular flexibility index (Phi) is 3.46. The Morgan fingerprint density at radius 3 is 2.46 bits per heavy atom. The van der Waals surface area contributed by atoms with E-state index in [2.05, 4.69) is 28.8 Å². The van der Waals surface area contributed by atoms with Crippen LogP contribution in [0.15, 0.2) is 48.8 Å². The first kappa shape index (κ1) is 15.0. The molecule has 0 spiro atoms. The molecule has 0 bridgehead atoms. The first-order chi connectivity index (χ1) is 11.5. The van der Waals surface area contributed by atoms with Crippen LogP contribution >= 0.6 is 0 Å². The van der Waals surface area contributed by atoms with Crippen LogP contribution in [0, 0.1) is 5.82 Å². The van der Waals surface area contributed by atoms with Crippen LogP contribution in [0.3, 0.4) is 0 Å². The second kappa shape index (κ2) is 5.53. The molecule has 0 radical (unpaired) electrons. The Morgan fingerprint density at radius 1 is 1.04 bits per heavy atom. The molecule has 122 valence electrons. The molecule has 3 heterocycles. The predicted octanol–water partition coefficient (Wildman–Crippen LogP) is 3.63. The third kappa shape index (κ3) is 2.61. The van der Waals surface area contributed by atoms with E-state index >= 15 is 0 Å². The molecule has 4 rings (SSSR count). The van der Waals surface area contributed by atoms with Gasteiger partial charge in [0.1, 0.15) is 11.5 Å². The molecule has 2 aromatic heterocycles. The second-order valence-corrected chi connectivity index (χ2v) is 6.81. The summed E-state index contributed by atoms with van der Waals surface area (Å²) in [4.78, 5) is 4.11. The Labute approximate surface area is 140 Å². The van der Waals surface area contributed by atoms with Gasteiger partial charge in [0.25, 0.3) is 0 Å². The molecule has 0 atom stereocenters. The van der Waals surface area contributed by atoms with E-state index in [1.165, 1.54) is 12.1 Å². The lowest BCUT2D eigenvalue weighted by atomic mass is 9.97. The molecule has 0 fully saturated rings. The summed E-state index contributed by atoms with van der Waals surface area (Å²) in [7, 11) is 0. The van der Waals surface area contributed by atoms with Gasteiger partial charge in [0.05, 0.1) is 12.2 Å². The molecule has 24 heavy (non-hydrogen) atoms. The summed E-state index contributed by atoms with van der Waals surface area (Å²) < 4.78 is 15.4. The van der Waals surface area contributed by atoms with E-state index in [0.29, 0.717) is 0 Å². The fraction of sp³-hybridized carbons (Fsp3) is 0.263. The largest absolute Gasteiger partial charge is 0.304 e. The predicted molar refractivity (Wildman–Crippen MR) is 91.8 cm³/mol. The number of hydrogen-bond acceptors (Lipinski definition) is 3. The molecule has 1 N–H and O–H groups in total. The van der Waals surface area contributed by atoms with Crippen LogP contribution < -0.4 is 5.32 Å². The van der Waals surface area contributed by atoms with Gasteiger partial charge in [-0.25, -0.2) is 4.39 Å². The zero-order valence-electron chi connectivity index (χ0n) is 13.8. The van der Waals surface area contributed by atoms with Crippen molar-refractivity contribution in [1.29, 1.82) is 0 Å². The van der Waals surface area contributed by atoms with Crippen LogP contribution in [0.4, 0.5) is 4.39 Å². The number of nitrogens with one attached hydrogen (secondary N) is 1. The van der Waals surface area contributed by atoms with Crippen molar-refractivity contribution in [2.24, 2.45) is 0 Å². The number of benzene rings is 1. The van der Waals surface area contributed by atoms with E-state index in [1.807, 2.05) is 12.1 Å². The minimum atomic E-state index is -0.240. The van der Waals surface area contributed by atoms with Crippen LogP contribution in [0.1, 0.15) is 19.5 Å². The van der Waals surface area contributed by atoms with Crippen LogP contribution in [0.5, 0.6) is 0 Å². The van der Waals surface area contributed by atoms with Gasteiger partial charge in [0, 0.05) is 35.6 Å². The van der Waals surface area contributed by atoms with Gasteiger partial charge >= 0.3 is 0 Å². The summed E-state index contributed by atoms with van der Waals surface area (Å²) in [5.41, 5.74) is 5.12. The molecule has 1 aliphatic rings. The normalized spacial score (nSPS) is 16.0. The molecule has 0 saturated heterocycles. The number of aromatic nitrogens is 3. The van der Waals surface area contributed by atoms with Crippen LogP contribution in [-0.2, 0) is 13.1 Å². The molecule has 0 amide bonds. The Bertz CT molecular complexity index is 866. The van der Waals surface area contributed by atoms with Crippen LogP contribution in [-0.4, -0.2) is 20.3 Å². The molecular weight excluding hydrogens is 303 g/mol. The fourth-order valence-corrected chi connectivity index (χ4v) is 3.19. The summed E-state index contributed by atoms with van der Waals surface area (Å²) >= 11 is 0. The van der Waals surface area contributed by atoms with Crippen LogP contribution in [0.25, 0.3) is 22.4 Å². The zero-order chi connectivity index (χ0) is 16.7. The second-order valence-electron chi connectivity index (χ2n) is 6.81. The van der Waals surface area contributed by atoms with E-state index in [0.717, 1.165) is 41.2 Å². The van der Waals surface area contributed by atoms with Crippen molar-refractivity contribution in [3.63, 3.8) is 0 Å². The number of nitrogens with zero attached hydrogens (tertiary/aromatic N) is 3. The summed E-state index contributed by atoms with van der Waals surface area (Å²) in [5.74, 6) is -0.240. The number of rotatable bonds is 2. The molecule has 4 nitrogen and oxygen atoms in total. The smallest absolute Gasteiger partial charge is 0.123 e. The van der Waals surface area contributed by atoms with Gasteiger partial charge in [0.2, 0.25) is 0 Å². The van der Waals surface area contributed by atoms with Gasteiger partial charge in [-0.2, -0.15) is 5.10 Å². The standard InChI is InChI=1S/C19H19FN4/c1-19(2)12-24-16(11-22-19)17(13-7-9-21-10-8-13)18(23-24)14-3-5-15(20)6-4-14/h3-10,22H,11-12H2,1-2H3. The Morgan fingerprint density at radius 2 is 1.75 bits per heavy atom. The fourth-order valence-electron chi connectivity index (χ4n) is 3.19. The topological polar surface area (TPSA) is 42.7 Å². The molecule has 1 aliphatic heterocycles. The van der Waals surface area contributed by atoms with Crippen molar-refractivity contribution in [2.45, 2.75) is 32.5 Å². The highest BCUT2D eigenvalue weighted by molar-refractivity contribution is 5.82. The van der Waals surface area contributed by atoms with Crippen molar-refractivity contribution >= 4 is 0 Å². The third-order valence-electron chi connectivity index (χ3n) is 4.42. The highest BCUT2D eigenvalue weighted by atomic mass is 19.1. The van der Waals surface area contributed by atoms with Gasteiger partial charge in [-0.05, 0) is 55.8 Å². The SMILES string of the molecule is CC1(C)Cn2nc(-c3ccc(F)cc3)c(-c3ccncc3)c2CN1. The monoisotopic (exact) mass is 322 g/mol. The summed E-state index contributed by atoms with van der Waals surface area (Å²) in [6.45, 7) is 5.88. The molecule has 0 aliphatic carbocycles. The molecular formula is C19H19FN4. The van der Waals surface area contributed by atoms with Crippen molar-refractivity contribution in [3.8, 4) is 22.4 Å². The zero-order valence-corrected chi connectivity index (χ0v) is 13.8. The highest BCUT2D eigenvalue weighted by Crippen LogP contribution is 2.36. The first-order valence-corrected chi connectivity index (χ1v) is 8.04.